The van der Waals surface area contributed by atoms with Crippen molar-refractivity contribution in [3.05, 3.63) is 64.7 Å². The lowest BCUT2D eigenvalue weighted by atomic mass is 9.88. The number of aromatic hydroxyl groups is 1. The van der Waals surface area contributed by atoms with E-state index in [1.165, 1.54) is 18.2 Å². The summed E-state index contributed by atoms with van der Waals surface area (Å²) in [7, 11) is 0. The van der Waals surface area contributed by atoms with Crippen molar-refractivity contribution in [3.63, 3.8) is 0 Å². The van der Waals surface area contributed by atoms with Crippen LogP contribution in [0.15, 0.2) is 42.5 Å². The number of ether oxygens (including phenoxy) is 1. The average molecular weight is 700 g/mol. The van der Waals surface area contributed by atoms with Gasteiger partial charge in [-0.1, -0.05) is 45.4 Å². The molecule has 3 saturated heterocycles. The normalized spacial score (nSPS) is 18.9. The summed E-state index contributed by atoms with van der Waals surface area (Å²) in [6.45, 7) is 11.0. The van der Waals surface area contributed by atoms with E-state index in [1.54, 1.807) is 17.0 Å². The Bertz CT molecular complexity index is 1890. The summed E-state index contributed by atoms with van der Waals surface area (Å²) in [6, 6.07) is 6.64. The number of phenolic OH excluding ortho intramolecular Hbond substituents is 1. The second-order valence-electron chi connectivity index (χ2n) is 13.2. The number of aromatic nitrogens is 2. The van der Waals surface area contributed by atoms with Crippen LogP contribution in [0, 0.1) is 11.6 Å². The van der Waals surface area contributed by atoms with Crippen LogP contribution in [0.2, 0.25) is 5.02 Å². The predicted molar refractivity (Wildman–Crippen MR) is 187 cm³/mol. The first-order valence-electron chi connectivity index (χ1n) is 17.1. The molecule has 0 aliphatic carbocycles. The van der Waals surface area contributed by atoms with Gasteiger partial charge in [-0.3, -0.25) is 4.90 Å². The lowest BCUT2D eigenvalue weighted by Crippen LogP contribution is -2.50. The number of rotatable bonds is 7. The van der Waals surface area contributed by atoms with Gasteiger partial charge in [0.25, 0.3) is 6.08 Å². The second-order valence-corrected chi connectivity index (χ2v) is 13.6. The fraction of sp³-hybridized carbons (Fsp3) is 0.459. The molecule has 0 spiro atoms. The SMILES string of the molecule is CC.CC(C)c1c(F)ccc2cc(O)cc(-c3c(Cl)cc4c(N5CCNC(C=C(F)F)C5)nc(OCC56CCCN5CCC6)nc4c3F)c12. The van der Waals surface area contributed by atoms with E-state index in [4.69, 9.17) is 21.3 Å². The standard InChI is InChI=1S/C35H36ClF4N5O2.C2H6/c1-19(2)28-26(37)6-5-20-13-22(46)15-23(29(20)28)30-25(36)16-24-32(31(30)40)42-34(47-18-35-7-3-10-45(35)11-4-8-35)43-33(24)44-12-9-41-21(17-44)14-27(38)39;1-2/h5-6,13-16,19,21,41,46H,3-4,7-12,17-18H2,1-2H3;1-2H3. The fourth-order valence-corrected chi connectivity index (χ4v) is 8.11. The summed E-state index contributed by atoms with van der Waals surface area (Å²) in [5.74, 6) is -1.30. The zero-order valence-electron chi connectivity index (χ0n) is 28.2. The van der Waals surface area contributed by atoms with E-state index >= 15 is 8.78 Å². The molecule has 262 valence electrons. The molecule has 4 heterocycles. The van der Waals surface area contributed by atoms with E-state index in [0.717, 1.165) is 44.8 Å². The Labute approximate surface area is 288 Å². The maximum atomic E-state index is 17.1. The Hall–Kier alpha value is -3.67. The first kappa shape index (κ1) is 35.2. The lowest BCUT2D eigenvalue weighted by molar-refractivity contribution is 0.108. The number of phenols is 1. The van der Waals surface area contributed by atoms with Gasteiger partial charge in [-0.05, 0) is 96.9 Å². The summed E-state index contributed by atoms with van der Waals surface area (Å²) < 4.78 is 65.1. The predicted octanol–water partition coefficient (Wildman–Crippen LogP) is 8.80. The minimum atomic E-state index is -1.80. The van der Waals surface area contributed by atoms with Gasteiger partial charge >= 0.3 is 6.01 Å². The van der Waals surface area contributed by atoms with Crippen molar-refractivity contribution < 1.29 is 27.4 Å². The van der Waals surface area contributed by atoms with Crippen LogP contribution in [0.3, 0.4) is 0 Å². The van der Waals surface area contributed by atoms with Crippen molar-refractivity contribution in [2.75, 3.05) is 44.2 Å². The topological polar surface area (TPSA) is 73.8 Å². The number of hydrogen-bond acceptors (Lipinski definition) is 7. The highest BCUT2D eigenvalue weighted by molar-refractivity contribution is 6.35. The molecule has 0 saturated carbocycles. The van der Waals surface area contributed by atoms with Crippen molar-refractivity contribution in [1.82, 2.24) is 20.2 Å². The molecule has 12 heteroatoms. The zero-order valence-corrected chi connectivity index (χ0v) is 29.0. The number of anilines is 1. The van der Waals surface area contributed by atoms with Gasteiger partial charge in [0.05, 0.1) is 10.6 Å². The minimum Gasteiger partial charge on any atom is -0.508 e. The van der Waals surface area contributed by atoms with E-state index in [1.807, 2.05) is 27.7 Å². The molecule has 1 aromatic heterocycles. The molecule has 3 aliphatic rings. The van der Waals surface area contributed by atoms with Crippen molar-refractivity contribution in [2.24, 2.45) is 0 Å². The number of piperazine rings is 1. The summed E-state index contributed by atoms with van der Waals surface area (Å²) in [6.07, 6.45) is 3.17. The number of halogens is 5. The Morgan fingerprint density at radius 1 is 1.10 bits per heavy atom. The summed E-state index contributed by atoms with van der Waals surface area (Å²) in [5.41, 5.74) is 0.367. The molecule has 3 aromatic carbocycles. The largest absolute Gasteiger partial charge is 0.508 e. The average Bonchev–Trinajstić information content (AvgIpc) is 3.65. The van der Waals surface area contributed by atoms with Gasteiger partial charge in [0.15, 0.2) is 5.82 Å². The third-order valence-electron chi connectivity index (χ3n) is 9.89. The highest BCUT2D eigenvalue weighted by atomic mass is 35.5. The maximum Gasteiger partial charge on any atom is 0.319 e. The second kappa shape index (κ2) is 14.3. The van der Waals surface area contributed by atoms with Crippen LogP contribution >= 0.6 is 11.6 Å². The van der Waals surface area contributed by atoms with Crippen molar-refractivity contribution >= 4 is 39.1 Å². The molecular weight excluding hydrogens is 658 g/mol. The summed E-state index contributed by atoms with van der Waals surface area (Å²) in [4.78, 5) is 13.5. The third kappa shape index (κ3) is 6.65. The van der Waals surface area contributed by atoms with Crippen LogP contribution in [0.5, 0.6) is 11.8 Å². The zero-order chi connectivity index (χ0) is 35.0. The van der Waals surface area contributed by atoms with Crippen molar-refractivity contribution in [3.8, 4) is 22.9 Å². The number of nitrogens with one attached hydrogen (secondary N) is 1. The third-order valence-corrected chi connectivity index (χ3v) is 10.2. The Morgan fingerprint density at radius 2 is 1.84 bits per heavy atom. The molecular formula is C37H42ClF4N5O2. The molecule has 7 rings (SSSR count). The number of hydrogen-bond donors (Lipinski definition) is 2. The van der Waals surface area contributed by atoms with E-state index < -0.39 is 23.8 Å². The van der Waals surface area contributed by atoms with E-state index in [2.05, 4.69) is 15.2 Å². The fourth-order valence-electron chi connectivity index (χ4n) is 7.82. The Morgan fingerprint density at radius 3 is 2.53 bits per heavy atom. The monoisotopic (exact) mass is 699 g/mol. The number of benzene rings is 3. The van der Waals surface area contributed by atoms with Gasteiger partial charge in [0.2, 0.25) is 0 Å². The van der Waals surface area contributed by atoms with Crippen LogP contribution in [0.25, 0.3) is 32.8 Å². The van der Waals surface area contributed by atoms with E-state index in [-0.39, 0.29) is 56.8 Å². The lowest BCUT2D eigenvalue weighted by Gasteiger charge is -2.34. The van der Waals surface area contributed by atoms with Gasteiger partial charge in [-0.2, -0.15) is 18.7 Å². The maximum absolute atomic E-state index is 17.1. The van der Waals surface area contributed by atoms with Crippen molar-refractivity contribution in [1.29, 1.82) is 0 Å². The van der Waals surface area contributed by atoms with Crippen LogP contribution in [0.1, 0.15) is 64.9 Å². The molecule has 3 aliphatic heterocycles. The van der Waals surface area contributed by atoms with Gasteiger partial charge in [0.1, 0.15) is 29.5 Å². The molecule has 3 fully saturated rings. The molecule has 1 atom stereocenters. The quantitative estimate of drug-likeness (QED) is 0.187. The molecule has 1 unspecified atom stereocenters. The van der Waals surface area contributed by atoms with Crippen LogP contribution in [0.4, 0.5) is 23.4 Å². The summed E-state index contributed by atoms with van der Waals surface area (Å²) in [5, 5.41) is 15.0. The van der Waals surface area contributed by atoms with Crippen LogP contribution in [-0.4, -0.2) is 70.9 Å². The molecule has 0 radical (unpaired) electrons. The molecule has 0 bridgehead atoms. The minimum absolute atomic E-state index is 0.00668. The summed E-state index contributed by atoms with van der Waals surface area (Å²) >= 11 is 6.88. The molecule has 0 amide bonds. The smallest absolute Gasteiger partial charge is 0.319 e. The van der Waals surface area contributed by atoms with Crippen LogP contribution < -0.4 is 15.0 Å². The highest BCUT2D eigenvalue weighted by Crippen LogP contribution is 2.45. The molecule has 49 heavy (non-hydrogen) atoms. The first-order valence-corrected chi connectivity index (χ1v) is 17.5. The van der Waals surface area contributed by atoms with Crippen LogP contribution in [-0.2, 0) is 0 Å². The van der Waals surface area contributed by atoms with E-state index in [0.29, 0.717) is 41.9 Å². The first-order chi connectivity index (χ1) is 23.5. The highest BCUT2D eigenvalue weighted by Gasteiger charge is 2.45. The van der Waals surface area contributed by atoms with Gasteiger partial charge < -0.3 is 20.1 Å². The van der Waals surface area contributed by atoms with Gasteiger partial charge in [-0.25, -0.2) is 8.78 Å². The number of nitrogens with zero attached hydrogens (tertiary/aromatic N) is 4. The van der Waals surface area contributed by atoms with Crippen molar-refractivity contribution in [2.45, 2.75) is 70.9 Å². The molecule has 7 nitrogen and oxygen atoms in total. The molecule has 2 N–H and O–H groups in total. The van der Waals surface area contributed by atoms with E-state index in [9.17, 15) is 13.9 Å². The Kier molecular flexibility index (Phi) is 10.3. The Balaban J connectivity index is 0.00000205. The van der Waals surface area contributed by atoms with Gasteiger partial charge in [-0.15, -0.1) is 0 Å². The number of fused-ring (bicyclic) bond motifs is 3. The van der Waals surface area contributed by atoms with Gasteiger partial charge in [0, 0.05) is 36.6 Å². The molecule has 4 aromatic rings.